The summed E-state index contributed by atoms with van der Waals surface area (Å²) in [6.07, 6.45) is 0. The minimum absolute atomic E-state index is 0.00760. The maximum atomic E-state index is 12.4. The van der Waals surface area contributed by atoms with Crippen molar-refractivity contribution in [3.8, 4) is 0 Å². The molecule has 0 fully saturated rings. The Labute approximate surface area is 133 Å². The molecule has 0 bridgehead atoms. The maximum absolute atomic E-state index is 12.4. The monoisotopic (exact) mass is 340 g/mol. The summed E-state index contributed by atoms with van der Waals surface area (Å²) in [5.41, 5.74) is -0.906. The molecule has 0 saturated heterocycles. The molecule has 0 atom stereocenters. The number of hydrogen-bond donors (Lipinski definition) is 0. The molecule has 2 aromatic rings. The number of halogens is 2. The van der Waals surface area contributed by atoms with Gasteiger partial charge in [-0.25, -0.2) is 0 Å². The largest absolute Gasteiger partial charge is 0.289 e. The first-order valence-electron chi connectivity index (χ1n) is 5.74. The molecule has 9 heteroatoms. The van der Waals surface area contributed by atoms with E-state index in [1.54, 1.807) is 0 Å². The van der Waals surface area contributed by atoms with Gasteiger partial charge in [-0.3, -0.25) is 25.0 Å². The quantitative estimate of drug-likeness (QED) is 0.474. The van der Waals surface area contributed by atoms with E-state index in [1.165, 1.54) is 18.2 Å². The van der Waals surface area contributed by atoms with Gasteiger partial charge < -0.3 is 0 Å². The number of non-ortho nitro benzene ring substituents is 1. The van der Waals surface area contributed by atoms with Gasteiger partial charge in [0.1, 0.15) is 5.02 Å². The molecule has 2 rings (SSSR count). The fraction of sp³-hybridized carbons (Fsp3) is 0. The van der Waals surface area contributed by atoms with Gasteiger partial charge in [0.2, 0.25) is 0 Å². The summed E-state index contributed by atoms with van der Waals surface area (Å²) >= 11 is 11.5. The number of nitro benzene ring substituents is 2. The van der Waals surface area contributed by atoms with Gasteiger partial charge in [0.15, 0.2) is 5.78 Å². The fourth-order valence-electron chi connectivity index (χ4n) is 1.75. The highest BCUT2D eigenvalue weighted by Gasteiger charge is 2.21. The molecule has 22 heavy (non-hydrogen) atoms. The van der Waals surface area contributed by atoms with Gasteiger partial charge in [0.05, 0.1) is 14.9 Å². The van der Waals surface area contributed by atoms with E-state index in [1.807, 2.05) is 0 Å². The van der Waals surface area contributed by atoms with Crippen molar-refractivity contribution in [3.63, 3.8) is 0 Å². The lowest BCUT2D eigenvalue weighted by molar-refractivity contribution is -0.384. The minimum Gasteiger partial charge on any atom is -0.289 e. The van der Waals surface area contributed by atoms with Crippen molar-refractivity contribution >= 4 is 40.4 Å². The highest BCUT2D eigenvalue weighted by molar-refractivity contribution is 6.35. The van der Waals surface area contributed by atoms with Crippen LogP contribution in [0.2, 0.25) is 10.0 Å². The van der Waals surface area contributed by atoms with Crippen molar-refractivity contribution in [2.24, 2.45) is 0 Å². The Kier molecular flexibility index (Phi) is 4.39. The fourth-order valence-corrected chi connectivity index (χ4v) is 2.14. The smallest absolute Gasteiger partial charge is 0.288 e. The van der Waals surface area contributed by atoms with E-state index in [9.17, 15) is 25.0 Å². The molecule has 0 spiro atoms. The third kappa shape index (κ3) is 3.05. The number of rotatable bonds is 4. The summed E-state index contributed by atoms with van der Waals surface area (Å²) in [7, 11) is 0. The normalized spacial score (nSPS) is 10.3. The van der Waals surface area contributed by atoms with Crippen molar-refractivity contribution < 1.29 is 14.6 Å². The molecular formula is C13H6Cl2N2O5. The first-order chi connectivity index (χ1) is 10.3. The molecule has 7 nitrogen and oxygen atoms in total. The van der Waals surface area contributed by atoms with Gasteiger partial charge >= 0.3 is 0 Å². The third-order valence-corrected chi connectivity index (χ3v) is 3.46. The Hall–Kier alpha value is -2.51. The van der Waals surface area contributed by atoms with Crippen LogP contribution in [0.15, 0.2) is 36.4 Å². The molecule has 0 aliphatic heterocycles. The Bertz CT molecular complexity index is 807. The Morgan fingerprint density at radius 2 is 1.55 bits per heavy atom. The Morgan fingerprint density at radius 3 is 2.14 bits per heavy atom. The molecule has 0 unspecified atom stereocenters. The van der Waals surface area contributed by atoms with Crippen molar-refractivity contribution in [3.05, 3.63) is 77.8 Å². The first kappa shape index (κ1) is 15.9. The molecule has 112 valence electrons. The van der Waals surface area contributed by atoms with Gasteiger partial charge in [-0.15, -0.1) is 0 Å². The van der Waals surface area contributed by atoms with E-state index in [-0.39, 0.29) is 26.9 Å². The molecule has 0 aromatic heterocycles. The summed E-state index contributed by atoms with van der Waals surface area (Å²) in [5.74, 6) is -0.673. The van der Waals surface area contributed by atoms with Crippen LogP contribution in [0.1, 0.15) is 15.9 Å². The number of carbonyl (C=O) groups is 1. The van der Waals surface area contributed by atoms with Crippen molar-refractivity contribution in [1.82, 2.24) is 0 Å². The van der Waals surface area contributed by atoms with Crippen molar-refractivity contribution in [2.75, 3.05) is 0 Å². The Balaban J connectivity index is 2.53. The van der Waals surface area contributed by atoms with Crippen LogP contribution < -0.4 is 0 Å². The maximum Gasteiger partial charge on any atom is 0.288 e. The lowest BCUT2D eigenvalue weighted by Gasteiger charge is -2.04. The number of ketones is 1. The second-order valence-electron chi connectivity index (χ2n) is 4.17. The molecule has 0 heterocycles. The summed E-state index contributed by atoms with van der Waals surface area (Å²) in [6, 6.07) is 6.89. The topological polar surface area (TPSA) is 103 Å². The van der Waals surface area contributed by atoms with Gasteiger partial charge in [-0.1, -0.05) is 23.2 Å². The zero-order valence-electron chi connectivity index (χ0n) is 10.7. The average molecular weight is 341 g/mol. The van der Waals surface area contributed by atoms with Crippen LogP contribution in [0, 0.1) is 20.2 Å². The number of benzene rings is 2. The van der Waals surface area contributed by atoms with Gasteiger partial charge in [-0.05, 0) is 18.2 Å². The average Bonchev–Trinajstić information content (AvgIpc) is 2.47. The number of nitrogens with zero attached hydrogens (tertiary/aromatic N) is 2. The van der Waals surface area contributed by atoms with E-state index in [0.29, 0.717) is 0 Å². The van der Waals surface area contributed by atoms with Crippen LogP contribution in [0.25, 0.3) is 0 Å². The third-order valence-electron chi connectivity index (χ3n) is 2.81. The zero-order chi connectivity index (χ0) is 16.4. The summed E-state index contributed by atoms with van der Waals surface area (Å²) in [5, 5.41) is 21.5. The highest BCUT2D eigenvalue weighted by Crippen LogP contribution is 2.29. The number of carbonyl (C=O) groups excluding carboxylic acids is 1. The lowest BCUT2D eigenvalue weighted by Crippen LogP contribution is -2.04. The minimum atomic E-state index is -0.728. The zero-order valence-corrected chi connectivity index (χ0v) is 12.2. The van der Waals surface area contributed by atoms with Crippen molar-refractivity contribution in [2.45, 2.75) is 0 Å². The standard InChI is InChI=1S/C13H6Cl2N2O5/c14-10-4-2-8(16(19)20)6-9(10)13(18)7-1-3-11(15)12(5-7)17(21)22/h1-6H. The van der Waals surface area contributed by atoms with E-state index in [4.69, 9.17) is 23.2 Å². The first-order valence-corrected chi connectivity index (χ1v) is 6.49. The van der Waals surface area contributed by atoms with Crippen LogP contribution in [-0.4, -0.2) is 15.6 Å². The molecule has 0 radical (unpaired) electrons. The second kappa shape index (κ2) is 6.08. The molecular weight excluding hydrogens is 335 g/mol. The van der Waals surface area contributed by atoms with E-state index < -0.39 is 21.3 Å². The Morgan fingerprint density at radius 1 is 0.909 bits per heavy atom. The SMILES string of the molecule is O=C(c1ccc(Cl)c([N+](=O)[O-])c1)c1cc([N+](=O)[O-])ccc1Cl. The highest BCUT2D eigenvalue weighted by atomic mass is 35.5. The van der Waals surface area contributed by atoms with Crippen LogP contribution in [0.3, 0.4) is 0 Å². The molecule has 0 N–H and O–H groups in total. The van der Waals surface area contributed by atoms with Gasteiger partial charge in [-0.2, -0.15) is 0 Å². The van der Waals surface area contributed by atoms with Crippen LogP contribution in [0.4, 0.5) is 11.4 Å². The van der Waals surface area contributed by atoms with Gasteiger partial charge in [0.25, 0.3) is 11.4 Å². The van der Waals surface area contributed by atoms with Crippen LogP contribution >= 0.6 is 23.2 Å². The second-order valence-corrected chi connectivity index (χ2v) is 4.99. The van der Waals surface area contributed by atoms with Crippen molar-refractivity contribution in [1.29, 1.82) is 0 Å². The summed E-state index contributed by atoms with van der Waals surface area (Å²) in [4.78, 5) is 32.6. The van der Waals surface area contributed by atoms with E-state index >= 15 is 0 Å². The number of hydrogen-bond acceptors (Lipinski definition) is 5. The summed E-state index contributed by atoms with van der Waals surface area (Å²) < 4.78 is 0. The molecule has 0 aliphatic rings. The lowest BCUT2D eigenvalue weighted by atomic mass is 10.0. The van der Waals surface area contributed by atoms with E-state index in [0.717, 1.165) is 18.2 Å². The number of nitro groups is 2. The summed E-state index contributed by atoms with van der Waals surface area (Å²) in [6.45, 7) is 0. The van der Waals surface area contributed by atoms with Crippen LogP contribution in [0.5, 0.6) is 0 Å². The molecule has 0 saturated carbocycles. The predicted molar refractivity (Wildman–Crippen MR) is 79.6 cm³/mol. The molecule has 0 aliphatic carbocycles. The predicted octanol–water partition coefficient (Wildman–Crippen LogP) is 4.04. The molecule has 2 aromatic carbocycles. The molecule has 0 amide bonds. The van der Waals surface area contributed by atoms with E-state index in [2.05, 4.69) is 0 Å². The van der Waals surface area contributed by atoms with Gasteiger partial charge in [0, 0.05) is 29.3 Å². The van der Waals surface area contributed by atoms with Crippen LogP contribution in [-0.2, 0) is 0 Å².